The number of carbonyl (C=O) groups is 2. The van der Waals surface area contributed by atoms with Crippen molar-refractivity contribution >= 4 is 17.8 Å². The zero-order valence-electron chi connectivity index (χ0n) is 17.9. The van der Waals surface area contributed by atoms with Crippen LogP contribution in [0.25, 0.3) is 6.08 Å². The molecule has 1 aliphatic heterocycles. The fraction of sp³-hybridized carbons (Fsp3) is 0.167. The second-order valence-electron chi connectivity index (χ2n) is 6.83. The number of fused-ring (bicyclic) bond motifs is 1. The average Bonchev–Trinajstić information content (AvgIpc) is 3.44. The highest BCUT2D eigenvalue weighted by Gasteiger charge is 2.31. The molecule has 3 aromatic rings. The van der Waals surface area contributed by atoms with Gasteiger partial charge in [0.05, 0.1) is 33.2 Å². The summed E-state index contributed by atoms with van der Waals surface area (Å²) in [4.78, 5) is 25.1. The van der Waals surface area contributed by atoms with Gasteiger partial charge < -0.3 is 28.1 Å². The fourth-order valence-corrected chi connectivity index (χ4v) is 3.36. The molecule has 0 N–H and O–H groups in total. The van der Waals surface area contributed by atoms with E-state index in [9.17, 15) is 9.59 Å². The molecular weight excluding hydrogens is 416 g/mol. The Morgan fingerprint density at radius 3 is 2.28 bits per heavy atom. The van der Waals surface area contributed by atoms with Gasteiger partial charge in [-0.1, -0.05) is 0 Å². The van der Waals surface area contributed by atoms with Gasteiger partial charge in [-0.2, -0.15) is 0 Å². The molecule has 0 spiro atoms. The summed E-state index contributed by atoms with van der Waals surface area (Å²) in [6.45, 7) is 1.71. The number of allylic oxidation sites excluding steroid dienone is 1. The van der Waals surface area contributed by atoms with Gasteiger partial charge in [0, 0.05) is 5.56 Å². The van der Waals surface area contributed by atoms with Crippen molar-refractivity contribution in [2.24, 2.45) is 0 Å². The van der Waals surface area contributed by atoms with Crippen LogP contribution in [0.15, 0.2) is 52.8 Å². The van der Waals surface area contributed by atoms with Gasteiger partial charge >= 0.3 is 5.97 Å². The maximum Gasteiger partial charge on any atom is 0.379 e. The number of ketones is 1. The number of esters is 1. The molecular formula is C24H20O8. The summed E-state index contributed by atoms with van der Waals surface area (Å²) in [6.07, 6.45) is 2.97. The number of furan rings is 1. The standard InChI is InChI=1S/C24H20O8/c1-13-16(32-24(26)17-6-5-9-30-17)8-7-15-21(25)18(31-22(13)15)10-14-11-19(27-2)23(29-4)20(12-14)28-3/h5-12H,1-4H3/b18-10-. The Morgan fingerprint density at radius 2 is 1.69 bits per heavy atom. The normalized spacial score (nSPS) is 13.5. The average molecular weight is 436 g/mol. The van der Waals surface area contributed by atoms with Crippen LogP contribution in [-0.2, 0) is 0 Å². The van der Waals surface area contributed by atoms with E-state index >= 15 is 0 Å². The van der Waals surface area contributed by atoms with E-state index in [0.29, 0.717) is 39.7 Å². The number of rotatable bonds is 6. The number of Topliss-reactive ketones (excluding diaryl/α,β-unsaturated/α-hetero) is 1. The van der Waals surface area contributed by atoms with Crippen LogP contribution in [0.3, 0.4) is 0 Å². The zero-order chi connectivity index (χ0) is 22.8. The molecule has 4 rings (SSSR count). The van der Waals surface area contributed by atoms with E-state index in [-0.39, 0.29) is 23.1 Å². The number of hydrogen-bond acceptors (Lipinski definition) is 8. The zero-order valence-corrected chi connectivity index (χ0v) is 17.9. The molecule has 2 heterocycles. The highest BCUT2D eigenvalue weighted by atomic mass is 16.6. The predicted molar refractivity (Wildman–Crippen MR) is 114 cm³/mol. The van der Waals surface area contributed by atoms with E-state index in [2.05, 4.69) is 0 Å². The number of benzene rings is 2. The largest absolute Gasteiger partial charge is 0.493 e. The first-order chi connectivity index (χ1) is 15.5. The van der Waals surface area contributed by atoms with Gasteiger partial charge in [0.1, 0.15) is 11.5 Å². The van der Waals surface area contributed by atoms with Gasteiger partial charge in [-0.3, -0.25) is 4.79 Å². The van der Waals surface area contributed by atoms with Crippen LogP contribution in [0.2, 0.25) is 0 Å². The maximum atomic E-state index is 12.9. The number of carbonyl (C=O) groups excluding carboxylic acids is 2. The second kappa shape index (κ2) is 8.50. The van der Waals surface area contributed by atoms with Crippen LogP contribution in [-0.4, -0.2) is 33.1 Å². The van der Waals surface area contributed by atoms with Crippen LogP contribution in [0.5, 0.6) is 28.7 Å². The number of hydrogen-bond donors (Lipinski definition) is 0. The van der Waals surface area contributed by atoms with E-state index in [1.165, 1.54) is 33.7 Å². The Morgan fingerprint density at radius 1 is 0.969 bits per heavy atom. The topological polar surface area (TPSA) is 93.4 Å². The first-order valence-electron chi connectivity index (χ1n) is 9.60. The van der Waals surface area contributed by atoms with Gasteiger partial charge in [-0.15, -0.1) is 0 Å². The van der Waals surface area contributed by atoms with Crippen molar-refractivity contribution in [3.05, 3.63) is 70.9 Å². The molecule has 0 unspecified atom stereocenters. The molecule has 0 bridgehead atoms. The molecule has 0 saturated carbocycles. The Hall–Kier alpha value is -4.20. The molecule has 0 amide bonds. The van der Waals surface area contributed by atoms with Gasteiger partial charge in [0.15, 0.2) is 17.3 Å². The highest BCUT2D eigenvalue weighted by molar-refractivity contribution is 6.15. The third kappa shape index (κ3) is 3.66. The molecule has 8 nitrogen and oxygen atoms in total. The molecule has 1 aromatic heterocycles. The lowest BCUT2D eigenvalue weighted by molar-refractivity contribution is 0.0699. The molecule has 0 fully saturated rings. The lowest BCUT2D eigenvalue weighted by atomic mass is 10.1. The Kier molecular flexibility index (Phi) is 5.59. The van der Waals surface area contributed by atoms with Crippen LogP contribution in [0, 0.1) is 6.92 Å². The van der Waals surface area contributed by atoms with Crippen LogP contribution in [0.4, 0.5) is 0 Å². The molecule has 2 aromatic carbocycles. The van der Waals surface area contributed by atoms with E-state index in [0.717, 1.165) is 0 Å². The van der Waals surface area contributed by atoms with Gasteiger partial charge in [0.25, 0.3) is 0 Å². The number of ether oxygens (including phenoxy) is 5. The minimum Gasteiger partial charge on any atom is -0.493 e. The summed E-state index contributed by atoms with van der Waals surface area (Å²) in [5.74, 6) is 1.20. The van der Waals surface area contributed by atoms with Crippen LogP contribution >= 0.6 is 0 Å². The van der Waals surface area contributed by atoms with E-state index in [1.807, 2.05) is 0 Å². The minimum absolute atomic E-state index is 0.0740. The highest BCUT2D eigenvalue weighted by Crippen LogP contribution is 2.42. The van der Waals surface area contributed by atoms with Gasteiger partial charge in [0.2, 0.25) is 17.3 Å². The van der Waals surface area contributed by atoms with Crippen molar-refractivity contribution in [1.82, 2.24) is 0 Å². The lowest BCUT2D eigenvalue weighted by Crippen LogP contribution is -2.08. The van der Waals surface area contributed by atoms with Crippen LogP contribution in [0.1, 0.15) is 32.0 Å². The van der Waals surface area contributed by atoms with Crippen molar-refractivity contribution < 1.29 is 37.7 Å². The minimum atomic E-state index is -0.643. The molecule has 0 radical (unpaired) electrons. The van der Waals surface area contributed by atoms with Crippen molar-refractivity contribution in [2.45, 2.75) is 6.92 Å². The van der Waals surface area contributed by atoms with E-state index < -0.39 is 5.97 Å². The van der Waals surface area contributed by atoms with E-state index in [4.69, 9.17) is 28.1 Å². The summed E-state index contributed by atoms with van der Waals surface area (Å²) in [7, 11) is 4.53. The quantitative estimate of drug-likeness (QED) is 0.318. The lowest BCUT2D eigenvalue weighted by Gasteiger charge is -2.13. The summed E-state index contributed by atoms with van der Waals surface area (Å²) in [6, 6.07) is 9.62. The molecule has 0 saturated heterocycles. The van der Waals surface area contributed by atoms with Crippen molar-refractivity contribution in [3.63, 3.8) is 0 Å². The molecule has 1 aliphatic rings. The molecule has 8 heteroatoms. The Bertz CT molecular complexity index is 1200. The van der Waals surface area contributed by atoms with Gasteiger partial charge in [-0.05, 0) is 55.0 Å². The van der Waals surface area contributed by atoms with Crippen LogP contribution < -0.4 is 23.7 Å². The molecule has 32 heavy (non-hydrogen) atoms. The summed E-state index contributed by atoms with van der Waals surface area (Å²) < 4.78 is 32.4. The summed E-state index contributed by atoms with van der Waals surface area (Å²) in [5.41, 5.74) is 1.51. The SMILES string of the molecule is COc1cc(/C=C2\Oc3c(ccc(OC(=O)c4ccco4)c3C)C2=O)cc(OC)c1OC. The van der Waals surface area contributed by atoms with Gasteiger partial charge in [-0.25, -0.2) is 4.79 Å². The van der Waals surface area contributed by atoms with E-state index in [1.54, 1.807) is 43.3 Å². The van der Waals surface area contributed by atoms with Crippen molar-refractivity contribution in [3.8, 4) is 28.7 Å². The third-order valence-electron chi connectivity index (χ3n) is 4.95. The second-order valence-corrected chi connectivity index (χ2v) is 6.83. The van der Waals surface area contributed by atoms with Crippen molar-refractivity contribution in [2.75, 3.05) is 21.3 Å². The molecule has 0 atom stereocenters. The smallest absolute Gasteiger partial charge is 0.379 e. The first-order valence-corrected chi connectivity index (χ1v) is 9.60. The summed E-state index contributed by atoms with van der Waals surface area (Å²) in [5, 5.41) is 0. The Labute approximate surface area is 183 Å². The molecule has 164 valence electrons. The molecule has 0 aliphatic carbocycles. The Balaban J connectivity index is 1.65. The number of methoxy groups -OCH3 is 3. The summed E-state index contributed by atoms with van der Waals surface area (Å²) >= 11 is 0. The first kappa shape index (κ1) is 21.0. The maximum absolute atomic E-state index is 12.9. The van der Waals surface area contributed by atoms with Crippen molar-refractivity contribution in [1.29, 1.82) is 0 Å². The fourth-order valence-electron chi connectivity index (χ4n) is 3.36. The monoisotopic (exact) mass is 436 g/mol. The predicted octanol–water partition coefficient (Wildman–Crippen LogP) is 4.45. The third-order valence-corrected chi connectivity index (χ3v) is 4.95.